The van der Waals surface area contributed by atoms with E-state index >= 15 is 0 Å². The van der Waals surface area contributed by atoms with Crippen molar-refractivity contribution in [3.8, 4) is 0 Å². The van der Waals surface area contributed by atoms with Crippen LogP contribution in [0.5, 0.6) is 0 Å². The Hall–Kier alpha value is -0.900. The predicted octanol–water partition coefficient (Wildman–Crippen LogP) is 1.84. The van der Waals surface area contributed by atoms with Crippen LogP contribution in [-0.2, 0) is 11.2 Å². The first-order valence-corrected chi connectivity index (χ1v) is 6.81. The van der Waals surface area contributed by atoms with E-state index in [0.29, 0.717) is 0 Å². The van der Waals surface area contributed by atoms with E-state index in [-0.39, 0.29) is 12.1 Å². The van der Waals surface area contributed by atoms with Crippen molar-refractivity contribution in [1.29, 1.82) is 0 Å². The van der Waals surface area contributed by atoms with Crippen molar-refractivity contribution in [1.82, 2.24) is 10.2 Å². The molecule has 1 aromatic carbocycles. The SMILES string of the molecule is CCc1ccc(C(NC)C2CN(C)CCO2)cc1. The molecule has 18 heavy (non-hydrogen) atoms. The quantitative estimate of drug-likeness (QED) is 0.880. The van der Waals surface area contributed by atoms with Crippen LogP contribution < -0.4 is 5.32 Å². The van der Waals surface area contributed by atoms with Crippen molar-refractivity contribution in [2.45, 2.75) is 25.5 Å². The minimum Gasteiger partial charge on any atom is -0.374 e. The highest BCUT2D eigenvalue weighted by molar-refractivity contribution is 5.26. The number of hydrogen-bond donors (Lipinski definition) is 1. The summed E-state index contributed by atoms with van der Waals surface area (Å²) >= 11 is 0. The molecule has 2 unspecified atom stereocenters. The topological polar surface area (TPSA) is 24.5 Å². The molecule has 2 rings (SSSR count). The summed E-state index contributed by atoms with van der Waals surface area (Å²) in [4.78, 5) is 2.33. The van der Waals surface area contributed by atoms with Crippen LogP contribution in [-0.4, -0.2) is 44.8 Å². The van der Waals surface area contributed by atoms with Gasteiger partial charge in [-0.2, -0.15) is 0 Å². The van der Waals surface area contributed by atoms with Crippen molar-refractivity contribution in [2.24, 2.45) is 0 Å². The summed E-state index contributed by atoms with van der Waals surface area (Å²) in [6.07, 6.45) is 1.33. The second kappa shape index (κ2) is 6.32. The van der Waals surface area contributed by atoms with Crippen LogP contribution in [0, 0.1) is 0 Å². The maximum atomic E-state index is 5.91. The molecule has 1 N–H and O–H groups in total. The van der Waals surface area contributed by atoms with E-state index in [9.17, 15) is 0 Å². The number of rotatable bonds is 4. The van der Waals surface area contributed by atoms with Crippen LogP contribution >= 0.6 is 0 Å². The van der Waals surface area contributed by atoms with Gasteiger partial charge in [0.25, 0.3) is 0 Å². The number of nitrogens with one attached hydrogen (secondary N) is 1. The Balaban J connectivity index is 2.11. The average Bonchev–Trinajstić information content (AvgIpc) is 2.40. The lowest BCUT2D eigenvalue weighted by atomic mass is 9.98. The first-order chi connectivity index (χ1) is 8.74. The Morgan fingerprint density at radius 2 is 2.11 bits per heavy atom. The van der Waals surface area contributed by atoms with Gasteiger partial charge in [0, 0.05) is 13.1 Å². The van der Waals surface area contributed by atoms with Crippen LogP contribution in [0.2, 0.25) is 0 Å². The third-order valence-electron chi connectivity index (χ3n) is 3.73. The molecule has 0 bridgehead atoms. The van der Waals surface area contributed by atoms with Crippen molar-refractivity contribution in [2.75, 3.05) is 33.8 Å². The number of likely N-dealkylation sites (N-methyl/N-ethyl adjacent to an activating group) is 2. The van der Waals surface area contributed by atoms with E-state index in [1.54, 1.807) is 0 Å². The van der Waals surface area contributed by atoms with Crippen LogP contribution in [0.3, 0.4) is 0 Å². The van der Waals surface area contributed by atoms with Gasteiger partial charge in [-0.05, 0) is 31.6 Å². The monoisotopic (exact) mass is 248 g/mol. The number of aryl methyl sites for hydroxylation is 1. The van der Waals surface area contributed by atoms with Gasteiger partial charge in [-0.25, -0.2) is 0 Å². The summed E-state index contributed by atoms with van der Waals surface area (Å²) in [6.45, 7) is 5.03. The van der Waals surface area contributed by atoms with Crippen LogP contribution in [0.1, 0.15) is 24.1 Å². The van der Waals surface area contributed by atoms with Gasteiger partial charge in [0.05, 0.1) is 18.8 Å². The number of benzene rings is 1. The zero-order chi connectivity index (χ0) is 13.0. The second-order valence-electron chi connectivity index (χ2n) is 5.03. The summed E-state index contributed by atoms with van der Waals surface area (Å²) in [5.41, 5.74) is 2.70. The van der Waals surface area contributed by atoms with Gasteiger partial charge < -0.3 is 15.0 Å². The molecule has 1 fully saturated rings. The maximum absolute atomic E-state index is 5.91. The van der Waals surface area contributed by atoms with Gasteiger partial charge in [-0.3, -0.25) is 0 Å². The fourth-order valence-corrected chi connectivity index (χ4v) is 2.54. The molecule has 1 heterocycles. The molecule has 1 saturated heterocycles. The average molecular weight is 248 g/mol. The predicted molar refractivity (Wildman–Crippen MR) is 74.9 cm³/mol. The van der Waals surface area contributed by atoms with E-state index in [1.165, 1.54) is 11.1 Å². The molecule has 2 atom stereocenters. The molecule has 0 aromatic heterocycles. The molecule has 0 radical (unpaired) electrons. The largest absolute Gasteiger partial charge is 0.374 e. The maximum Gasteiger partial charge on any atom is 0.0896 e. The molecule has 0 aliphatic carbocycles. The molecule has 1 aromatic rings. The van der Waals surface area contributed by atoms with Crippen LogP contribution in [0.4, 0.5) is 0 Å². The van der Waals surface area contributed by atoms with Gasteiger partial charge in [0.2, 0.25) is 0 Å². The Bertz CT molecular complexity index is 363. The Labute approximate surface area is 110 Å². The summed E-state index contributed by atoms with van der Waals surface area (Å²) in [7, 11) is 4.17. The van der Waals surface area contributed by atoms with E-state index in [1.807, 2.05) is 7.05 Å². The summed E-state index contributed by atoms with van der Waals surface area (Å²) < 4.78 is 5.91. The highest BCUT2D eigenvalue weighted by Gasteiger charge is 2.26. The molecular formula is C15H24N2O. The van der Waals surface area contributed by atoms with Gasteiger partial charge in [0.1, 0.15) is 0 Å². The van der Waals surface area contributed by atoms with Gasteiger partial charge in [-0.1, -0.05) is 31.2 Å². The molecule has 100 valence electrons. The summed E-state index contributed by atoms with van der Waals surface area (Å²) in [6, 6.07) is 9.15. The standard InChI is InChI=1S/C15H24N2O/c1-4-12-5-7-13(8-6-12)15(16-2)14-11-17(3)9-10-18-14/h5-8,14-16H,4,9-11H2,1-3H3. The Kier molecular flexibility index (Phi) is 4.75. The first kappa shape index (κ1) is 13.5. The smallest absolute Gasteiger partial charge is 0.0896 e. The lowest BCUT2D eigenvalue weighted by molar-refractivity contribution is -0.0380. The highest BCUT2D eigenvalue weighted by Crippen LogP contribution is 2.22. The van der Waals surface area contributed by atoms with Crippen molar-refractivity contribution < 1.29 is 4.74 Å². The third-order valence-corrected chi connectivity index (χ3v) is 3.73. The number of hydrogen-bond acceptors (Lipinski definition) is 3. The molecule has 0 saturated carbocycles. The van der Waals surface area contributed by atoms with Crippen molar-refractivity contribution in [3.63, 3.8) is 0 Å². The highest BCUT2D eigenvalue weighted by atomic mass is 16.5. The normalized spacial score (nSPS) is 22.9. The lowest BCUT2D eigenvalue weighted by Crippen LogP contribution is -2.46. The number of morpholine rings is 1. The minimum absolute atomic E-state index is 0.237. The van der Waals surface area contributed by atoms with Crippen LogP contribution in [0.25, 0.3) is 0 Å². The van der Waals surface area contributed by atoms with Gasteiger partial charge in [0.15, 0.2) is 0 Å². The molecule has 0 spiro atoms. The molecule has 3 heteroatoms. The molecular weight excluding hydrogens is 224 g/mol. The third kappa shape index (κ3) is 3.10. The summed E-state index contributed by atoms with van der Waals surface area (Å²) in [5.74, 6) is 0. The molecule has 0 amide bonds. The minimum atomic E-state index is 0.237. The molecule has 3 nitrogen and oxygen atoms in total. The van der Waals surface area contributed by atoms with E-state index in [4.69, 9.17) is 4.74 Å². The number of ether oxygens (including phenoxy) is 1. The summed E-state index contributed by atoms with van der Waals surface area (Å²) in [5, 5.41) is 3.39. The Morgan fingerprint density at radius 1 is 1.39 bits per heavy atom. The van der Waals surface area contributed by atoms with E-state index in [0.717, 1.165) is 26.1 Å². The second-order valence-corrected chi connectivity index (χ2v) is 5.03. The Morgan fingerprint density at radius 3 is 2.67 bits per heavy atom. The van der Waals surface area contributed by atoms with Crippen LogP contribution in [0.15, 0.2) is 24.3 Å². The van der Waals surface area contributed by atoms with Gasteiger partial charge in [-0.15, -0.1) is 0 Å². The molecule has 1 aliphatic rings. The van der Waals surface area contributed by atoms with E-state index < -0.39 is 0 Å². The number of nitrogens with zero attached hydrogens (tertiary/aromatic N) is 1. The fourth-order valence-electron chi connectivity index (χ4n) is 2.54. The molecule has 1 aliphatic heterocycles. The van der Waals surface area contributed by atoms with Crippen molar-refractivity contribution >= 4 is 0 Å². The zero-order valence-electron chi connectivity index (χ0n) is 11.6. The first-order valence-electron chi connectivity index (χ1n) is 6.81. The fraction of sp³-hybridized carbons (Fsp3) is 0.600. The van der Waals surface area contributed by atoms with Crippen molar-refractivity contribution in [3.05, 3.63) is 35.4 Å². The van der Waals surface area contributed by atoms with E-state index in [2.05, 4.69) is 48.5 Å². The zero-order valence-corrected chi connectivity index (χ0v) is 11.6. The van der Waals surface area contributed by atoms with Gasteiger partial charge >= 0.3 is 0 Å². The lowest BCUT2D eigenvalue weighted by Gasteiger charge is -2.35.